The van der Waals surface area contributed by atoms with Gasteiger partial charge in [-0.05, 0) is 36.1 Å². The highest BCUT2D eigenvalue weighted by Crippen LogP contribution is 2.29. The zero-order chi connectivity index (χ0) is 19.6. The minimum atomic E-state index is 0.121. The summed E-state index contributed by atoms with van der Waals surface area (Å²) in [4.78, 5) is 14.9. The van der Waals surface area contributed by atoms with Gasteiger partial charge in [-0.25, -0.2) is 0 Å². The molecule has 3 heterocycles. The average molecular weight is 387 g/mol. The van der Waals surface area contributed by atoms with Crippen molar-refractivity contribution < 1.29 is 4.79 Å². The Balaban J connectivity index is 1.24. The van der Waals surface area contributed by atoms with E-state index in [9.17, 15) is 4.79 Å². The Kier molecular flexibility index (Phi) is 4.86. The first-order valence-electron chi connectivity index (χ1n) is 10.4. The summed E-state index contributed by atoms with van der Waals surface area (Å²) >= 11 is 0. The lowest BCUT2D eigenvalue weighted by Crippen LogP contribution is -2.38. The Labute approximate surface area is 170 Å². The Morgan fingerprint density at radius 3 is 2.38 bits per heavy atom. The number of likely N-dealkylation sites (tertiary alicyclic amines) is 1. The van der Waals surface area contributed by atoms with E-state index in [0.717, 1.165) is 68.3 Å². The van der Waals surface area contributed by atoms with Crippen molar-refractivity contribution in [2.24, 2.45) is 0 Å². The van der Waals surface area contributed by atoms with Gasteiger partial charge in [-0.3, -0.25) is 4.79 Å². The molecule has 2 aromatic carbocycles. The van der Waals surface area contributed by atoms with E-state index in [0.29, 0.717) is 5.92 Å². The fourth-order valence-electron chi connectivity index (χ4n) is 4.38. The highest BCUT2D eigenvalue weighted by Gasteiger charge is 2.29. The number of hydrogen-bond acceptors (Lipinski definition) is 4. The molecule has 0 saturated carbocycles. The Hall–Kier alpha value is -2.99. The Bertz CT molecular complexity index is 988. The third-order valence-electron chi connectivity index (χ3n) is 6.04. The number of fused-ring (bicyclic) bond motifs is 1. The van der Waals surface area contributed by atoms with Gasteiger partial charge in [0.1, 0.15) is 11.6 Å². The highest BCUT2D eigenvalue weighted by atomic mass is 16.2. The fraction of sp³-hybridized carbons (Fsp3) is 0.348. The van der Waals surface area contributed by atoms with Crippen LogP contribution in [-0.2, 0) is 13.1 Å². The number of hydrogen-bond donors (Lipinski definition) is 1. The lowest BCUT2D eigenvalue weighted by Gasteiger charge is -2.32. The first-order valence-corrected chi connectivity index (χ1v) is 10.4. The van der Waals surface area contributed by atoms with Gasteiger partial charge in [0.25, 0.3) is 5.91 Å². The molecule has 3 aromatic rings. The summed E-state index contributed by atoms with van der Waals surface area (Å²) in [5.41, 5.74) is 3.06. The molecule has 0 aliphatic carbocycles. The number of benzene rings is 2. The first-order chi connectivity index (χ1) is 14.3. The summed E-state index contributed by atoms with van der Waals surface area (Å²) in [6.45, 7) is 4.23. The van der Waals surface area contributed by atoms with Gasteiger partial charge in [0.15, 0.2) is 0 Å². The van der Waals surface area contributed by atoms with Gasteiger partial charge in [0, 0.05) is 37.7 Å². The normalized spacial score (nSPS) is 17.2. The zero-order valence-corrected chi connectivity index (χ0v) is 16.4. The van der Waals surface area contributed by atoms with E-state index in [1.54, 1.807) is 0 Å². The molecule has 29 heavy (non-hydrogen) atoms. The molecule has 1 amide bonds. The standard InChI is InChI=1S/C23H25N5O/c29-23(20-8-6-18(7-9-20)17-4-2-1-3-5-17)27-13-10-19(11-14-27)22-26-25-21-16-24-12-15-28(21)22/h1-9,19,24H,10-16H2. The number of nitrogens with one attached hydrogen (secondary N) is 1. The molecule has 0 bridgehead atoms. The van der Waals surface area contributed by atoms with Crippen molar-refractivity contribution in [2.75, 3.05) is 19.6 Å². The van der Waals surface area contributed by atoms with Crippen molar-refractivity contribution in [1.82, 2.24) is 25.0 Å². The lowest BCUT2D eigenvalue weighted by molar-refractivity contribution is 0.0710. The summed E-state index contributed by atoms with van der Waals surface area (Å²) in [5, 5.41) is 12.1. The smallest absolute Gasteiger partial charge is 0.253 e. The van der Waals surface area contributed by atoms with Crippen LogP contribution in [0.4, 0.5) is 0 Å². The monoisotopic (exact) mass is 387 g/mol. The Morgan fingerprint density at radius 1 is 0.897 bits per heavy atom. The summed E-state index contributed by atoms with van der Waals surface area (Å²) in [6, 6.07) is 18.2. The molecular weight excluding hydrogens is 362 g/mol. The van der Waals surface area contributed by atoms with Crippen LogP contribution in [0, 0.1) is 0 Å². The molecule has 5 rings (SSSR count). The number of nitrogens with zero attached hydrogens (tertiary/aromatic N) is 4. The van der Waals surface area contributed by atoms with Crippen LogP contribution in [0.15, 0.2) is 54.6 Å². The molecule has 1 N–H and O–H groups in total. The predicted octanol–water partition coefficient (Wildman–Crippen LogP) is 3.07. The van der Waals surface area contributed by atoms with E-state index < -0.39 is 0 Å². The van der Waals surface area contributed by atoms with Gasteiger partial charge in [0.2, 0.25) is 0 Å². The molecule has 1 saturated heterocycles. The van der Waals surface area contributed by atoms with Crippen LogP contribution in [0.25, 0.3) is 11.1 Å². The Morgan fingerprint density at radius 2 is 1.62 bits per heavy atom. The SMILES string of the molecule is O=C(c1ccc(-c2ccccc2)cc1)N1CCC(c2nnc3n2CCNC3)CC1. The maximum absolute atomic E-state index is 13.0. The van der Waals surface area contributed by atoms with Crippen LogP contribution in [0.3, 0.4) is 0 Å². The summed E-state index contributed by atoms with van der Waals surface area (Å²) in [7, 11) is 0. The molecule has 0 unspecified atom stereocenters. The molecule has 148 valence electrons. The minimum Gasteiger partial charge on any atom is -0.339 e. The largest absolute Gasteiger partial charge is 0.339 e. The number of amides is 1. The van der Waals surface area contributed by atoms with E-state index in [-0.39, 0.29) is 5.91 Å². The second-order valence-electron chi connectivity index (χ2n) is 7.81. The van der Waals surface area contributed by atoms with Crippen molar-refractivity contribution in [3.8, 4) is 11.1 Å². The van der Waals surface area contributed by atoms with E-state index in [1.807, 2.05) is 47.4 Å². The molecule has 0 atom stereocenters. The van der Waals surface area contributed by atoms with Gasteiger partial charge in [0.05, 0.1) is 6.54 Å². The molecule has 2 aliphatic heterocycles. The van der Waals surface area contributed by atoms with Crippen molar-refractivity contribution in [2.45, 2.75) is 31.8 Å². The third-order valence-corrected chi connectivity index (χ3v) is 6.04. The van der Waals surface area contributed by atoms with Crippen LogP contribution in [0.1, 0.15) is 40.8 Å². The second-order valence-corrected chi connectivity index (χ2v) is 7.81. The van der Waals surface area contributed by atoms with E-state index in [2.05, 4.69) is 32.2 Å². The summed E-state index contributed by atoms with van der Waals surface area (Å²) in [6.07, 6.45) is 1.89. The molecule has 1 aromatic heterocycles. The zero-order valence-electron chi connectivity index (χ0n) is 16.4. The van der Waals surface area contributed by atoms with Gasteiger partial charge in [-0.2, -0.15) is 0 Å². The van der Waals surface area contributed by atoms with Crippen molar-refractivity contribution in [1.29, 1.82) is 0 Å². The minimum absolute atomic E-state index is 0.121. The molecular formula is C23H25N5O. The van der Waals surface area contributed by atoms with Crippen molar-refractivity contribution >= 4 is 5.91 Å². The number of piperidine rings is 1. The quantitative estimate of drug-likeness (QED) is 0.750. The number of carbonyl (C=O) groups excluding carboxylic acids is 1. The maximum Gasteiger partial charge on any atom is 0.253 e. The van der Waals surface area contributed by atoms with Crippen molar-refractivity contribution in [3.63, 3.8) is 0 Å². The second kappa shape index (κ2) is 7.79. The van der Waals surface area contributed by atoms with Crippen LogP contribution < -0.4 is 5.32 Å². The summed E-state index contributed by atoms with van der Waals surface area (Å²) in [5.74, 6) is 2.64. The molecule has 0 radical (unpaired) electrons. The third kappa shape index (κ3) is 3.56. The lowest BCUT2D eigenvalue weighted by atomic mass is 9.95. The summed E-state index contributed by atoms with van der Waals surface area (Å²) < 4.78 is 2.26. The van der Waals surface area contributed by atoms with Gasteiger partial charge in [-0.1, -0.05) is 42.5 Å². The topological polar surface area (TPSA) is 63.1 Å². The number of carbonyl (C=O) groups is 1. The molecule has 1 fully saturated rings. The molecule has 2 aliphatic rings. The first kappa shape index (κ1) is 18.1. The van der Waals surface area contributed by atoms with Gasteiger partial charge in [-0.15, -0.1) is 10.2 Å². The molecule has 6 heteroatoms. The fourth-order valence-corrected chi connectivity index (χ4v) is 4.38. The number of aromatic nitrogens is 3. The van der Waals surface area contributed by atoms with Crippen LogP contribution in [0.2, 0.25) is 0 Å². The average Bonchev–Trinajstić information content (AvgIpc) is 3.24. The molecule has 0 spiro atoms. The highest BCUT2D eigenvalue weighted by molar-refractivity contribution is 5.94. The van der Waals surface area contributed by atoms with Gasteiger partial charge >= 0.3 is 0 Å². The van der Waals surface area contributed by atoms with E-state index in [1.165, 1.54) is 5.56 Å². The van der Waals surface area contributed by atoms with Crippen LogP contribution in [0.5, 0.6) is 0 Å². The van der Waals surface area contributed by atoms with Crippen LogP contribution >= 0.6 is 0 Å². The van der Waals surface area contributed by atoms with E-state index in [4.69, 9.17) is 0 Å². The number of rotatable bonds is 3. The maximum atomic E-state index is 13.0. The molecule has 6 nitrogen and oxygen atoms in total. The van der Waals surface area contributed by atoms with E-state index >= 15 is 0 Å². The van der Waals surface area contributed by atoms with Crippen LogP contribution in [-0.4, -0.2) is 45.2 Å². The predicted molar refractivity (Wildman–Crippen MR) is 111 cm³/mol. The van der Waals surface area contributed by atoms with Crippen molar-refractivity contribution in [3.05, 3.63) is 71.8 Å². The van der Waals surface area contributed by atoms with Gasteiger partial charge < -0.3 is 14.8 Å².